The highest BCUT2D eigenvalue weighted by molar-refractivity contribution is 6.10. The second-order valence-electron chi connectivity index (χ2n) is 12.6. The third-order valence-corrected chi connectivity index (χ3v) is 9.31. The standard InChI is InChI=1S/C45H30N6O2/c1-29-27-48-45(49-28-29)30-22-33(52-31-16-18-37-35-10-2-4-12-39(35)50(41(37)25-31)43-14-6-8-20-46-43)24-34(23-30)53-32-17-19-38-36-11-3-5-13-40(36)51(42(38)26-32)44-15-7-9-21-47-44/h2-28H,1H3/i1D3. The van der Waals surface area contributed by atoms with E-state index in [1.54, 1.807) is 12.4 Å². The molecule has 5 aromatic carbocycles. The van der Waals surface area contributed by atoms with Crippen LogP contribution >= 0.6 is 0 Å². The summed E-state index contributed by atoms with van der Waals surface area (Å²) in [6.45, 7) is -2.33. The van der Waals surface area contributed by atoms with Crippen LogP contribution in [0.25, 0.3) is 66.6 Å². The number of aryl methyl sites for hydroxylation is 1. The highest BCUT2D eigenvalue weighted by Crippen LogP contribution is 2.39. The summed E-state index contributed by atoms with van der Waals surface area (Å²) in [5, 5.41) is 4.35. The van der Waals surface area contributed by atoms with Crippen LogP contribution in [-0.4, -0.2) is 29.1 Å². The summed E-state index contributed by atoms with van der Waals surface area (Å²) in [7, 11) is 0. The maximum Gasteiger partial charge on any atom is 0.159 e. The SMILES string of the molecule is [2H]C([2H])([2H])c1cnc(-c2cc(Oc3ccc4c5ccccc5n(-c5ccccn5)c4c3)cc(Oc3ccc4c5ccccc5n(-c5ccccn5)c4c3)c2)nc1. The van der Waals surface area contributed by atoms with E-state index in [-0.39, 0.29) is 5.56 Å². The zero-order chi connectivity index (χ0) is 37.8. The molecule has 0 fully saturated rings. The molecule has 0 radical (unpaired) electrons. The summed E-state index contributed by atoms with van der Waals surface area (Å²) in [6, 6.07) is 45.7. The highest BCUT2D eigenvalue weighted by atomic mass is 16.5. The number of aromatic nitrogens is 6. The van der Waals surface area contributed by atoms with Gasteiger partial charge in [0.2, 0.25) is 0 Å². The van der Waals surface area contributed by atoms with Gasteiger partial charge in [0.05, 0.1) is 22.1 Å². The van der Waals surface area contributed by atoms with Gasteiger partial charge in [-0.1, -0.05) is 48.5 Å². The van der Waals surface area contributed by atoms with Crippen LogP contribution in [0.3, 0.4) is 0 Å². The van der Waals surface area contributed by atoms with Gasteiger partial charge < -0.3 is 9.47 Å². The lowest BCUT2D eigenvalue weighted by molar-refractivity contribution is 0.461. The van der Waals surface area contributed by atoms with Crippen molar-refractivity contribution in [1.82, 2.24) is 29.1 Å². The molecule has 5 aromatic heterocycles. The summed E-state index contributed by atoms with van der Waals surface area (Å²) in [5.41, 5.74) is 4.59. The molecule has 0 aliphatic carbocycles. The smallest absolute Gasteiger partial charge is 0.159 e. The summed E-state index contributed by atoms with van der Waals surface area (Å²) in [4.78, 5) is 18.2. The van der Waals surface area contributed by atoms with Crippen molar-refractivity contribution < 1.29 is 13.6 Å². The zero-order valence-corrected chi connectivity index (χ0v) is 28.1. The normalized spacial score (nSPS) is 12.6. The number of fused-ring (bicyclic) bond motifs is 6. The average molecular weight is 690 g/mol. The Balaban J connectivity index is 1.08. The predicted octanol–water partition coefficient (Wildman–Crippen LogP) is 11.0. The minimum absolute atomic E-state index is 0.0540. The molecule has 0 saturated carbocycles. The molecule has 53 heavy (non-hydrogen) atoms. The fourth-order valence-corrected chi connectivity index (χ4v) is 7.06. The van der Waals surface area contributed by atoms with Gasteiger partial charge in [-0.15, -0.1) is 0 Å². The van der Waals surface area contributed by atoms with Crippen molar-refractivity contribution in [2.24, 2.45) is 0 Å². The van der Waals surface area contributed by atoms with Crippen molar-refractivity contribution in [2.45, 2.75) is 6.85 Å². The highest BCUT2D eigenvalue weighted by Gasteiger charge is 2.17. The van der Waals surface area contributed by atoms with E-state index in [1.807, 2.05) is 103 Å². The Hall–Kier alpha value is -7.32. The Bertz CT molecular complexity index is 2890. The number of ether oxygens (including phenoxy) is 2. The molecular weight excluding hydrogens is 657 g/mol. The first kappa shape index (κ1) is 27.4. The van der Waals surface area contributed by atoms with Crippen molar-refractivity contribution >= 4 is 43.6 Å². The summed E-state index contributed by atoms with van der Waals surface area (Å²) >= 11 is 0. The topological polar surface area (TPSA) is 79.9 Å². The largest absolute Gasteiger partial charge is 0.457 e. The van der Waals surface area contributed by atoms with Gasteiger partial charge in [0, 0.05) is 74.2 Å². The molecule has 0 amide bonds. The molecular formula is C45H30N6O2. The molecule has 10 aromatic rings. The van der Waals surface area contributed by atoms with Crippen LogP contribution in [0.15, 0.2) is 164 Å². The van der Waals surface area contributed by atoms with Gasteiger partial charge in [0.25, 0.3) is 0 Å². The Morgan fingerprint density at radius 1 is 0.453 bits per heavy atom. The lowest BCUT2D eigenvalue weighted by Gasteiger charge is -2.13. The van der Waals surface area contributed by atoms with Gasteiger partial charge in [0.15, 0.2) is 5.82 Å². The first-order chi connectivity index (χ1) is 27.4. The lowest BCUT2D eigenvalue weighted by atomic mass is 10.1. The van der Waals surface area contributed by atoms with Crippen molar-refractivity contribution in [3.05, 3.63) is 170 Å². The zero-order valence-electron chi connectivity index (χ0n) is 31.1. The van der Waals surface area contributed by atoms with Crippen molar-refractivity contribution in [3.8, 4) is 46.0 Å². The first-order valence-corrected chi connectivity index (χ1v) is 17.1. The van der Waals surface area contributed by atoms with Gasteiger partial charge in [-0.05, 0) is 85.2 Å². The number of nitrogens with zero attached hydrogens (tertiary/aromatic N) is 6. The minimum Gasteiger partial charge on any atom is -0.457 e. The molecule has 5 heterocycles. The molecule has 0 saturated heterocycles. The van der Waals surface area contributed by atoms with E-state index in [0.717, 1.165) is 55.2 Å². The van der Waals surface area contributed by atoms with E-state index in [4.69, 9.17) is 13.6 Å². The lowest BCUT2D eigenvalue weighted by Crippen LogP contribution is -1.97. The number of hydrogen-bond acceptors (Lipinski definition) is 6. The average Bonchev–Trinajstić information content (AvgIpc) is 3.73. The molecule has 0 bridgehead atoms. The number of rotatable bonds is 7. The maximum absolute atomic E-state index is 7.79. The molecule has 0 atom stereocenters. The van der Waals surface area contributed by atoms with Gasteiger partial charge in [-0.25, -0.2) is 19.9 Å². The quantitative estimate of drug-likeness (QED) is 0.166. The molecule has 0 spiro atoms. The summed E-state index contributed by atoms with van der Waals surface area (Å²) in [6.07, 6.45) is 6.23. The number of benzene rings is 5. The Kier molecular flexibility index (Phi) is 6.45. The van der Waals surface area contributed by atoms with E-state index >= 15 is 0 Å². The molecule has 0 aliphatic heterocycles. The van der Waals surface area contributed by atoms with E-state index in [1.165, 1.54) is 12.4 Å². The van der Waals surface area contributed by atoms with E-state index in [0.29, 0.717) is 34.4 Å². The predicted molar refractivity (Wildman–Crippen MR) is 210 cm³/mol. The van der Waals surface area contributed by atoms with Crippen molar-refractivity contribution in [3.63, 3.8) is 0 Å². The van der Waals surface area contributed by atoms with Crippen molar-refractivity contribution in [1.29, 1.82) is 0 Å². The van der Waals surface area contributed by atoms with Crippen LogP contribution in [0, 0.1) is 6.85 Å². The van der Waals surface area contributed by atoms with Crippen LogP contribution in [0.1, 0.15) is 9.68 Å². The van der Waals surface area contributed by atoms with Crippen LogP contribution in [0.4, 0.5) is 0 Å². The fraction of sp³-hybridized carbons (Fsp3) is 0.0222. The van der Waals surface area contributed by atoms with Crippen LogP contribution in [0.5, 0.6) is 23.0 Å². The van der Waals surface area contributed by atoms with Gasteiger partial charge in [0.1, 0.15) is 34.6 Å². The number of para-hydroxylation sites is 2. The number of hydrogen-bond donors (Lipinski definition) is 0. The Morgan fingerprint density at radius 3 is 1.43 bits per heavy atom. The maximum atomic E-state index is 7.79. The molecule has 252 valence electrons. The van der Waals surface area contributed by atoms with Crippen LogP contribution < -0.4 is 9.47 Å². The molecule has 0 N–H and O–H groups in total. The fourth-order valence-electron chi connectivity index (χ4n) is 7.06. The van der Waals surface area contributed by atoms with E-state index in [9.17, 15) is 0 Å². The Morgan fingerprint density at radius 2 is 0.943 bits per heavy atom. The Labute approximate surface area is 308 Å². The van der Waals surface area contributed by atoms with E-state index < -0.39 is 6.85 Å². The van der Waals surface area contributed by atoms with Crippen LogP contribution in [0.2, 0.25) is 0 Å². The van der Waals surface area contributed by atoms with Gasteiger partial charge in [-0.3, -0.25) is 9.13 Å². The van der Waals surface area contributed by atoms with Gasteiger partial charge >= 0.3 is 0 Å². The summed E-state index contributed by atoms with van der Waals surface area (Å²) < 4.78 is 40.9. The number of pyridine rings is 2. The molecule has 10 rings (SSSR count). The third kappa shape index (κ3) is 5.41. The second kappa shape index (κ2) is 12.5. The summed E-state index contributed by atoms with van der Waals surface area (Å²) in [5.74, 6) is 4.07. The van der Waals surface area contributed by atoms with Gasteiger partial charge in [-0.2, -0.15) is 0 Å². The minimum atomic E-state index is -2.33. The van der Waals surface area contributed by atoms with E-state index in [2.05, 4.69) is 65.5 Å². The third-order valence-electron chi connectivity index (χ3n) is 9.31. The molecule has 0 unspecified atom stereocenters. The van der Waals surface area contributed by atoms with Crippen molar-refractivity contribution in [2.75, 3.05) is 0 Å². The molecule has 0 aliphatic rings. The molecule has 8 heteroatoms. The molecule has 8 nitrogen and oxygen atoms in total. The monoisotopic (exact) mass is 689 g/mol. The van der Waals surface area contributed by atoms with Crippen LogP contribution in [-0.2, 0) is 0 Å². The first-order valence-electron chi connectivity index (χ1n) is 18.6. The second-order valence-corrected chi connectivity index (χ2v) is 12.6.